The molecule has 23 heavy (non-hydrogen) atoms. The second-order valence-corrected chi connectivity index (χ2v) is 6.66. The normalized spacial score (nSPS) is 12.3. The Morgan fingerprint density at radius 2 is 1.96 bits per heavy atom. The molecule has 1 N–H and O–H groups in total. The molecule has 0 spiro atoms. The van der Waals surface area contributed by atoms with Crippen molar-refractivity contribution in [2.75, 3.05) is 0 Å². The Kier molecular flexibility index (Phi) is 6.12. The van der Waals surface area contributed by atoms with Crippen LogP contribution in [0.25, 0.3) is 0 Å². The number of hydrogen-bond acceptors (Lipinski definition) is 5. The monoisotopic (exact) mass is 348 g/mol. The summed E-state index contributed by atoms with van der Waals surface area (Å²) >= 11 is 7.31. The van der Waals surface area contributed by atoms with E-state index in [0.29, 0.717) is 10.2 Å². The summed E-state index contributed by atoms with van der Waals surface area (Å²) in [7, 11) is 0. The number of thioether (sulfide) groups is 1. The Balaban J connectivity index is 1.93. The summed E-state index contributed by atoms with van der Waals surface area (Å²) in [4.78, 5) is 20.7. The lowest BCUT2D eigenvalue weighted by Gasteiger charge is -2.09. The van der Waals surface area contributed by atoms with E-state index in [-0.39, 0.29) is 11.2 Å². The van der Waals surface area contributed by atoms with Gasteiger partial charge >= 0.3 is 0 Å². The molecule has 0 aliphatic heterocycles. The van der Waals surface area contributed by atoms with Crippen molar-refractivity contribution in [1.82, 2.24) is 15.4 Å². The van der Waals surface area contributed by atoms with Gasteiger partial charge in [-0.15, -0.1) is 0 Å². The van der Waals surface area contributed by atoms with Gasteiger partial charge in [-0.05, 0) is 32.9 Å². The molecule has 1 atom stereocenters. The number of hydrogen-bond donors (Lipinski definition) is 1. The molecule has 120 valence electrons. The van der Waals surface area contributed by atoms with Crippen molar-refractivity contribution in [2.45, 2.75) is 31.2 Å². The topological polar surface area (TPSA) is 67.2 Å². The molecule has 7 heteroatoms. The Bertz CT molecular complexity index is 716. The minimum Gasteiger partial charge on any atom is -0.272 e. The largest absolute Gasteiger partial charge is 0.272 e. The highest BCUT2D eigenvalue weighted by molar-refractivity contribution is 8.00. The number of carbonyl (C=O) groups is 1. The molecule has 1 aromatic carbocycles. The van der Waals surface area contributed by atoms with Crippen molar-refractivity contribution in [3.63, 3.8) is 0 Å². The quantitative estimate of drug-likeness (QED) is 0.389. The van der Waals surface area contributed by atoms with E-state index >= 15 is 0 Å². The average molecular weight is 349 g/mol. The highest BCUT2D eigenvalue weighted by Crippen LogP contribution is 2.20. The van der Waals surface area contributed by atoms with Crippen LogP contribution in [-0.4, -0.2) is 27.3 Å². The fourth-order valence-electron chi connectivity index (χ4n) is 1.79. The summed E-state index contributed by atoms with van der Waals surface area (Å²) in [5.41, 5.74) is 5.00. The van der Waals surface area contributed by atoms with Gasteiger partial charge in [-0.2, -0.15) is 5.10 Å². The first-order chi connectivity index (χ1) is 11.0. The van der Waals surface area contributed by atoms with E-state index in [2.05, 4.69) is 20.5 Å². The SMILES string of the molecule is Cc1cc(C)nc(S[C@@H](C)C(=O)N/N=C\c2ccccc2Cl)n1. The minimum absolute atomic E-state index is 0.221. The number of amides is 1. The molecule has 0 saturated heterocycles. The zero-order chi connectivity index (χ0) is 16.8. The number of nitrogens with one attached hydrogen (secondary N) is 1. The predicted molar refractivity (Wildman–Crippen MR) is 94.0 cm³/mol. The van der Waals surface area contributed by atoms with Crippen LogP contribution in [0.3, 0.4) is 0 Å². The van der Waals surface area contributed by atoms with Crippen LogP contribution < -0.4 is 5.43 Å². The summed E-state index contributed by atoms with van der Waals surface area (Å²) in [6.45, 7) is 5.58. The van der Waals surface area contributed by atoms with Crippen LogP contribution in [0.1, 0.15) is 23.9 Å². The molecule has 1 aromatic heterocycles. The molecule has 2 aromatic rings. The molecule has 0 radical (unpaired) electrons. The van der Waals surface area contributed by atoms with E-state index in [1.54, 1.807) is 13.0 Å². The van der Waals surface area contributed by atoms with Gasteiger partial charge in [-0.25, -0.2) is 15.4 Å². The molecule has 0 fully saturated rings. The molecular formula is C16H17ClN4OS. The van der Waals surface area contributed by atoms with Crippen LogP contribution in [0.4, 0.5) is 0 Å². The lowest BCUT2D eigenvalue weighted by atomic mass is 10.2. The Morgan fingerprint density at radius 1 is 1.30 bits per heavy atom. The van der Waals surface area contributed by atoms with Crippen LogP contribution in [0, 0.1) is 13.8 Å². The summed E-state index contributed by atoms with van der Waals surface area (Å²) in [5, 5.41) is 4.74. The lowest BCUT2D eigenvalue weighted by Crippen LogP contribution is -2.27. The van der Waals surface area contributed by atoms with E-state index in [1.807, 2.05) is 38.1 Å². The molecule has 0 bridgehead atoms. The van der Waals surface area contributed by atoms with Crippen LogP contribution in [0.5, 0.6) is 0 Å². The number of halogens is 1. The number of aromatic nitrogens is 2. The number of benzene rings is 1. The van der Waals surface area contributed by atoms with E-state index in [4.69, 9.17) is 11.6 Å². The Hall–Kier alpha value is -1.92. The fraction of sp³-hybridized carbons (Fsp3) is 0.250. The molecular weight excluding hydrogens is 332 g/mol. The summed E-state index contributed by atoms with van der Waals surface area (Å²) in [5.74, 6) is -0.221. The van der Waals surface area contributed by atoms with Gasteiger partial charge in [0.05, 0.1) is 11.5 Å². The number of aryl methyl sites for hydroxylation is 2. The maximum atomic E-state index is 12.1. The number of carbonyl (C=O) groups excluding carboxylic acids is 1. The molecule has 5 nitrogen and oxygen atoms in total. The van der Waals surface area contributed by atoms with E-state index in [1.165, 1.54) is 18.0 Å². The van der Waals surface area contributed by atoms with Gasteiger partial charge in [0.25, 0.3) is 5.91 Å². The highest BCUT2D eigenvalue weighted by Gasteiger charge is 2.15. The fourth-order valence-corrected chi connectivity index (χ4v) is 2.85. The molecule has 2 rings (SSSR count). The van der Waals surface area contributed by atoms with Gasteiger partial charge < -0.3 is 0 Å². The third kappa shape index (κ3) is 5.33. The zero-order valence-corrected chi connectivity index (χ0v) is 14.6. The summed E-state index contributed by atoms with van der Waals surface area (Å²) in [6, 6.07) is 9.16. The molecule has 0 aliphatic carbocycles. The smallest absolute Gasteiger partial charge is 0.253 e. The Labute approximate surface area is 144 Å². The van der Waals surface area contributed by atoms with Crippen LogP contribution in [0.2, 0.25) is 5.02 Å². The Morgan fingerprint density at radius 3 is 2.61 bits per heavy atom. The summed E-state index contributed by atoms with van der Waals surface area (Å²) < 4.78 is 0. The van der Waals surface area contributed by atoms with Crippen molar-refractivity contribution in [3.8, 4) is 0 Å². The van der Waals surface area contributed by atoms with Gasteiger partial charge in [-0.1, -0.05) is 41.6 Å². The first-order valence-corrected chi connectivity index (χ1v) is 8.28. The predicted octanol–water partition coefficient (Wildman–Crippen LogP) is 3.38. The molecule has 1 amide bonds. The first-order valence-electron chi connectivity index (χ1n) is 7.02. The standard InChI is InChI=1S/C16H17ClN4OS/c1-10-8-11(2)20-16(19-10)23-12(3)15(22)21-18-9-13-6-4-5-7-14(13)17/h4-9,12H,1-3H3,(H,21,22)/b18-9-/t12-/m0/s1. The maximum Gasteiger partial charge on any atom is 0.253 e. The molecule has 0 unspecified atom stereocenters. The minimum atomic E-state index is -0.361. The maximum absolute atomic E-state index is 12.1. The number of rotatable bonds is 5. The van der Waals surface area contributed by atoms with Crippen LogP contribution in [-0.2, 0) is 4.79 Å². The van der Waals surface area contributed by atoms with E-state index in [9.17, 15) is 4.79 Å². The highest BCUT2D eigenvalue weighted by atomic mass is 35.5. The zero-order valence-electron chi connectivity index (χ0n) is 13.1. The lowest BCUT2D eigenvalue weighted by molar-refractivity contribution is -0.120. The third-order valence-corrected chi connectivity index (χ3v) is 4.20. The summed E-state index contributed by atoms with van der Waals surface area (Å²) in [6.07, 6.45) is 1.52. The van der Waals surface area contributed by atoms with Crippen LogP contribution >= 0.6 is 23.4 Å². The molecule has 0 saturated carbocycles. The van der Waals surface area contributed by atoms with Gasteiger partial charge in [-0.3, -0.25) is 4.79 Å². The van der Waals surface area contributed by atoms with Crippen molar-refractivity contribution in [1.29, 1.82) is 0 Å². The third-order valence-electron chi connectivity index (χ3n) is 2.90. The van der Waals surface area contributed by atoms with Gasteiger partial charge in [0.1, 0.15) is 0 Å². The molecule has 1 heterocycles. The second-order valence-electron chi connectivity index (χ2n) is 4.95. The van der Waals surface area contributed by atoms with Crippen molar-refractivity contribution < 1.29 is 4.79 Å². The number of nitrogens with zero attached hydrogens (tertiary/aromatic N) is 3. The average Bonchev–Trinajstić information content (AvgIpc) is 2.48. The van der Waals surface area contributed by atoms with Gasteiger partial charge in [0.2, 0.25) is 0 Å². The van der Waals surface area contributed by atoms with E-state index in [0.717, 1.165) is 17.0 Å². The number of hydrazone groups is 1. The van der Waals surface area contributed by atoms with E-state index < -0.39 is 0 Å². The van der Waals surface area contributed by atoms with Gasteiger partial charge in [0, 0.05) is 22.0 Å². The van der Waals surface area contributed by atoms with Crippen molar-refractivity contribution in [2.24, 2.45) is 5.10 Å². The molecule has 0 aliphatic rings. The second kappa shape index (κ2) is 8.08. The van der Waals surface area contributed by atoms with Crippen LogP contribution in [0.15, 0.2) is 40.6 Å². The van der Waals surface area contributed by atoms with Gasteiger partial charge in [0.15, 0.2) is 5.16 Å². The van der Waals surface area contributed by atoms with Crippen molar-refractivity contribution >= 4 is 35.5 Å². The first kappa shape index (κ1) is 17.4. The van der Waals surface area contributed by atoms with Crippen molar-refractivity contribution in [3.05, 3.63) is 52.3 Å².